The van der Waals surface area contributed by atoms with Gasteiger partial charge in [-0.1, -0.05) is 12.5 Å². The molecule has 1 aromatic rings. The fourth-order valence-corrected chi connectivity index (χ4v) is 3.45. The van der Waals surface area contributed by atoms with E-state index in [2.05, 4.69) is 16.6 Å². The molecule has 2 unspecified atom stereocenters. The molecule has 112 valence electrons. The van der Waals surface area contributed by atoms with Gasteiger partial charge in [0.15, 0.2) is 0 Å². The lowest BCUT2D eigenvalue weighted by Gasteiger charge is -2.19. The molecule has 21 heavy (non-hydrogen) atoms. The lowest BCUT2D eigenvalue weighted by Crippen LogP contribution is -2.39. The zero-order chi connectivity index (χ0) is 15.2. The molecule has 1 aliphatic rings. The van der Waals surface area contributed by atoms with E-state index in [0.29, 0.717) is 10.8 Å². The summed E-state index contributed by atoms with van der Waals surface area (Å²) in [5.74, 6) is -1.30. The molecule has 0 aromatic carbocycles. The third-order valence-corrected chi connectivity index (χ3v) is 4.70. The number of aromatic nitrogens is 1. The van der Waals surface area contributed by atoms with E-state index in [9.17, 15) is 9.59 Å². The lowest BCUT2D eigenvalue weighted by atomic mass is 10.1. The largest absolute Gasteiger partial charge is 0.478 e. The molecule has 1 aromatic heterocycles. The fourth-order valence-electron chi connectivity index (χ4n) is 2.51. The molecular weight excluding hydrogens is 288 g/mol. The maximum absolute atomic E-state index is 12.4. The van der Waals surface area contributed by atoms with Gasteiger partial charge in [-0.05, 0) is 31.2 Å². The standard InChI is InChI=1S/C15H18N2O3S/c1-21-12-6-2-5-11(12)17-15(20)14-10(4-3-9-16-14)7-8-13(18)19/h3-4,7-9,11-12H,2,5-6H2,1H3,(H,17,20)(H,18,19)/b8-7+. The Morgan fingerprint density at radius 1 is 1.48 bits per heavy atom. The van der Waals surface area contributed by atoms with Gasteiger partial charge in [0.1, 0.15) is 5.69 Å². The van der Waals surface area contributed by atoms with Crippen molar-refractivity contribution in [1.82, 2.24) is 10.3 Å². The van der Waals surface area contributed by atoms with Crippen LogP contribution in [0.15, 0.2) is 24.4 Å². The summed E-state index contributed by atoms with van der Waals surface area (Å²) in [6.45, 7) is 0. The van der Waals surface area contributed by atoms with Crippen LogP contribution in [0.25, 0.3) is 6.08 Å². The van der Waals surface area contributed by atoms with Gasteiger partial charge in [-0.25, -0.2) is 4.79 Å². The maximum atomic E-state index is 12.4. The van der Waals surface area contributed by atoms with Crippen molar-refractivity contribution in [2.75, 3.05) is 6.26 Å². The number of hydrogen-bond donors (Lipinski definition) is 2. The van der Waals surface area contributed by atoms with Gasteiger partial charge < -0.3 is 10.4 Å². The van der Waals surface area contributed by atoms with E-state index in [4.69, 9.17) is 5.11 Å². The second-order valence-electron chi connectivity index (χ2n) is 4.90. The Morgan fingerprint density at radius 2 is 2.29 bits per heavy atom. The van der Waals surface area contributed by atoms with Crippen LogP contribution in [-0.4, -0.2) is 39.5 Å². The minimum absolute atomic E-state index is 0.158. The predicted molar refractivity (Wildman–Crippen MR) is 83.3 cm³/mol. The summed E-state index contributed by atoms with van der Waals surface area (Å²) in [7, 11) is 0. The number of carbonyl (C=O) groups excluding carboxylic acids is 1. The predicted octanol–water partition coefficient (Wildman–Crippen LogP) is 2.19. The van der Waals surface area contributed by atoms with E-state index in [1.54, 1.807) is 23.9 Å². The van der Waals surface area contributed by atoms with Crippen LogP contribution in [0.2, 0.25) is 0 Å². The average molecular weight is 306 g/mol. The van der Waals surface area contributed by atoms with Crippen LogP contribution in [0.1, 0.15) is 35.3 Å². The number of nitrogens with one attached hydrogen (secondary N) is 1. The quantitative estimate of drug-likeness (QED) is 0.815. The number of rotatable bonds is 5. The summed E-state index contributed by atoms with van der Waals surface area (Å²) in [4.78, 5) is 27.1. The Kier molecular flexibility index (Phi) is 5.38. The molecule has 6 heteroatoms. The molecule has 1 amide bonds. The van der Waals surface area contributed by atoms with E-state index < -0.39 is 5.97 Å². The second kappa shape index (κ2) is 7.26. The van der Waals surface area contributed by atoms with Crippen LogP contribution >= 0.6 is 11.8 Å². The zero-order valence-electron chi connectivity index (χ0n) is 11.8. The van der Waals surface area contributed by atoms with Crippen LogP contribution in [0.4, 0.5) is 0 Å². The van der Waals surface area contributed by atoms with Gasteiger partial charge in [0.05, 0.1) is 0 Å². The Morgan fingerprint density at radius 3 is 3.00 bits per heavy atom. The first kappa shape index (κ1) is 15.6. The molecule has 1 heterocycles. The molecule has 2 N–H and O–H groups in total. The second-order valence-corrected chi connectivity index (χ2v) is 5.97. The number of thioether (sulfide) groups is 1. The molecule has 0 bridgehead atoms. The molecule has 0 aliphatic heterocycles. The van der Waals surface area contributed by atoms with E-state index in [-0.39, 0.29) is 17.6 Å². The highest BCUT2D eigenvalue weighted by Crippen LogP contribution is 2.28. The highest BCUT2D eigenvalue weighted by Gasteiger charge is 2.28. The Hall–Kier alpha value is -1.82. The molecule has 0 saturated heterocycles. The summed E-state index contributed by atoms with van der Waals surface area (Å²) in [6, 6.07) is 3.52. The van der Waals surface area contributed by atoms with Crippen LogP contribution in [0.5, 0.6) is 0 Å². The lowest BCUT2D eigenvalue weighted by molar-refractivity contribution is -0.131. The van der Waals surface area contributed by atoms with Gasteiger partial charge in [0.25, 0.3) is 5.91 Å². The zero-order valence-corrected chi connectivity index (χ0v) is 12.6. The highest BCUT2D eigenvalue weighted by molar-refractivity contribution is 7.99. The topological polar surface area (TPSA) is 79.3 Å². The third-order valence-electron chi connectivity index (χ3n) is 3.53. The molecule has 1 aliphatic carbocycles. The normalized spacial score (nSPS) is 21.6. The van der Waals surface area contributed by atoms with Gasteiger partial charge in [-0.3, -0.25) is 9.78 Å². The molecular formula is C15H18N2O3S. The van der Waals surface area contributed by atoms with Crippen molar-refractivity contribution in [3.05, 3.63) is 35.7 Å². The Balaban J connectivity index is 2.14. The van der Waals surface area contributed by atoms with Crippen molar-refractivity contribution in [3.63, 3.8) is 0 Å². The van der Waals surface area contributed by atoms with Crippen molar-refractivity contribution >= 4 is 29.7 Å². The first-order valence-corrected chi connectivity index (χ1v) is 8.10. The summed E-state index contributed by atoms with van der Waals surface area (Å²) in [5, 5.41) is 12.2. The average Bonchev–Trinajstić information content (AvgIpc) is 2.92. The molecule has 0 spiro atoms. The van der Waals surface area contributed by atoms with Crippen molar-refractivity contribution in [3.8, 4) is 0 Å². The van der Waals surface area contributed by atoms with Gasteiger partial charge in [-0.2, -0.15) is 11.8 Å². The van der Waals surface area contributed by atoms with Gasteiger partial charge in [0, 0.05) is 29.1 Å². The number of pyridine rings is 1. The maximum Gasteiger partial charge on any atom is 0.328 e. The van der Waals surface area contributed by atoms with Gasteiger partial charge >= 0.3 is 5.97 Å². The monoisotopic (exact) mass is 306 g/mol. The Bertz CT molecular complexity index is 560. The molecule has 2 rings (SSSR count). The number of aliphatic carboxylic acids is 1. The highest BCUT2D eigenvalue weighted by atomic mass is 32.2. The SMILES string of the molecule is CSC1CCCC1NC(=O)c1ncccc1/C=C/C(=O)O. The summed E-state index contributed by atoms with van der Waals surface area (Å²) in [5.41, 5.74) is 0.776. The number of amides is 1. The molecule has 1 saturated carbocycles. The Labute approximate surface area is 127 Å². The van der Waals surface area contributed by atoms with Crippen LogP contribution in [0.3, 0.4) is 0 Å². The molecule has 1 fully saturated rings. The van der Waals surface area contributed by atoms with Crippen molar-refractivity contribution in [2.45, 2.75) is 30.6 Å². The van der Waals surface area contributed by atoms with E-state index >= 15 is 0 Å². The van der Waals surface area contributed by atoms with Gasteiger partial charge in [-0.15, -0.1) is 0 Å². The first-order valence-electron chi connectivity index (χ1n) is 6.81. The number of nitrogens with zero attached hydrogens (tertiary/aromatic N) is 1. The van der Waals surface area contributed by atoms with Crippen molar-refractivity contribution in [2.24, 2.45) is 0 Å². The number of carboxylic acids is 1. The number of carboxylic acid groups (broad SMARTS) is 1. The molecule has 0 radical (unpaired) electrons. The van der Waals surface area contributed by atoms with Crippen LogP contribution in [-0.2, 0) is 4.79 Å². The van der Waals surface area contributed by atoms with Crippen LogP contribution in [0, 0.1) is 0 Å². The smallest absolute Gasteiger partial charge is 0.328 e. The minimum Gasteiger partial charge on any atom is -0.478 e. The van der Waals surface area contributed by atoms with E-state index in [1.165, 1.54) is 12.3 Å². The first-order chi connectivity index (χ1) is 10.1. The van der Waals surface area contributed by atoms with E-state index in [0.717, 1.165) is 25.3 Å². The number of hydrogen-bond acceptors (Lipinski definition) is 4. The minimum atomic E-state index is -1.05. The van der Waals surface area contributed by atoms with Crippen LogP contribution < -0.4 is 5.32 Å². The van der Waals surface area contributed by atoms with E-state index in [1.807, 2.05) is 0 Å². The summed E-state index contributed by atoms with van der Waals surface area (Å²) in [6.07, 6.45) is 9.19. The number of carbonyl (C=O) groups is 2. The third kappa shape index (κ3) is 4.07. The summed E-state index contributed by atoms with van der Waals surface area (Å²) < 4.78 is 0. The van der Waals surface area contributed by atoms with Crippen molar-refractivity contribution < 1.29 is 14.7 Å². The fraction of sp³-hybridized carbons (Fsp3) is 0.400. The summed E-state index contributed by atoms with van der Waals surface area (Å²) >= 11 is 1.77. The van der Waals surface area contributed by atoms with Gasteiger partial charge in [0.2, 0.25) is 0 Å². The van der Waals surface area contributed by atoms with Crippen molar-refractivity contribution in [1.29, 1.82) is 0 Å². The molecule has 2 atom stereocenters. The molecule has 5 nitrogen and oxygen atoms in total.